The van der Waals surface area contributed by atoms with E-state index in [2.05, 4.69) is 0 Å². The van der Waals surface area contributed by atoms with Crippen LogP contribution in [0.25, 0.3) is 0 Å². The average molecular weight is 286 g/mol. The molecule has 7 heteroatoms. The molecule has 0 aliphatic carbocycles. The van der Waals surface area contributed by atoms with Crippen molar-refractivity contribution < 1.29 is 17.9 Å². The van der Waals surface area contributed by atoms with Crippen LogP contribution in [0.5, 0.6) is 5.75 Å². The van der Waals surface area contributed by atoms with Gasteiger partial charge in [0.25, 0.3) is 0 Å². The first-order chi connectivity index (χ1) is 9.04. The van der Waals surface area contributed by atoms with Crippen molar-refractivity contribution in [1.29, 1.82) is 0 Å². The molecular formula is C12H18N2O4S. The summed E-state index contributed by atoms with van der Waals surface area (Å²) >= 11 is 0. The summed E-state index contributed by atoms with van der Waals surface area (Å²) in [4.78, 5) is 0.262. The van der Waals surface area contributed by atoms with Crippen LogP contribution in [-0.4, -0.2) is 52.2 Å². The normalized spacial score (nSPS) is 17.2. The smallest absolute Gasteiger partial charge is 0.243 e. The minimum absolute atomic E-state index is 0.0496. The number of benzene rings is 1. The van der Waals surface area contributed by atoms with Crippen molar-refractivity contribution >= 4 is 10.0 Å². The summed E-state index contributed by atoms with van der Waals surface area (Å²) < 4.78 is 35.9. The lowest BCUT2D eigenvalue weighted by Crippen LogP contribution is -2.57. The van der Waals surface area contributed by atoms with E-state index in [0.29, 0.717) is 32.1 Å². The molecule has 0 bridgehead atoms. The van der Waals surface area contributed by atoms with Crippen molar-refractivity contribution in [1.82, 2.24) is 4.31 Å². The molecule has 1 fully saturated rings. The van der Waals surface area contributed by atoms with E-state index in [1.165, 1.54) is 4.31 Å². The number of nitrogens with two attached hydrogens (primary N) is 1. The maximum Gasteiger partial charge on any atom is 0.243 e. The lowest BCUT2D eigenvalue weighted by molar-refractivity contribution is 0.146. The fourth-order valence-electron chi connectivity index (χ4n) is 1.77. The molecule has 0 atom stereocenters. The molecule has 19 heavy (non-hydrogen) atoms. The van der Waals surface area contributed by atoms with Gasteiger partial charge in [0.2, 0.25) is 10.0 Å². The van der Waals surface area contributed by atoms with Crippen LogP contribution in [0.4, 0.5) is 0 Å². The number of nitrogens with zero attached hydrogens (tertiary/aromatic N) is 1. The number of rotatable bonds is 6. The molecule has 2 N–H and O–H groups in total. The molecule has 1 aliphatic heterocycles. The van der Waals surface area contributed by atoms with Crippen molar-refractivity contribution in [3.63, 3.8) is 0 Å². The Kier molecular flexibility index (Phi) is 4.41. The summed E-state index contributed by atoms with van der Waals surface area (Å²) in [6.45, 7) is 1.69. The van der Waals surface area contributed by atoms with Crippen molar-refractivity contribution in [3.8, 4) is 5.75 Å². The minimum Gasteiger partial charge on any atom is -0.491 e. The Hall–Kier alpha value is -1.15. The van der Waals surface area contributed by atoms with Gasteiger partial charge in [0.05, 0.1) is 11.5 Å². The number of methoxy groups -OCH3 is 1. The van der Waals surface area contributed by atoms with Gasteiger partial charge < -0.3 is 15.2 Å². The van der Waals surface area contributed by atoms with Gasteiger partial charge in [-0.3, -0.25) is 0 Å². The van der Waals surface area contributed by atoms with Crippen molar-refractivity contribution in [2.75, 3.05) is 33.4 Å². The fourth-order valence-corrected chi connectivity index (χ4v) is 3.32. The molecule has 106 valence electrons. The van der Waals surface area contributed by atoms with Crippen LogP contribution in [-0.2, 0) is 14.8 Å². The molecule has 0 saturated carbocycles. The summed E-state index contributed by atoms with van der Waals surface area (Å²) in [5.74, 6) is 0.622. The van der Waals surface area contributed by atoms with Crippen LogP contribution in [0, 0.1) is 0 Å². The van der Waals surface area contributed by atoms with E-state index in [0.717, 1.165) is 0 Å². The Morgan fingerprint density at radius 2 is 1.89 bits per heavy atom. The minimum atomic E-state index is -3.40. The third kappa shape index (κ3) is 3.24. The number of hydrogen-bond donors (Lipinski definition) is 1. The molecule has 1 aromatic rings. The molecular weight excluding hydrogens is 268 g/mol. The quantitative estimate of drug-likeness (QED) is 0.747. The van der Waals surface area contributed by atoms with Gasteiger partial charge >= 0.3 is 0 Å². The summed E-state index contributed by atoms with van der Waals surface area (Å²) in [6.07, 6.45) is 0. The molecule has 0 amide bonds. The second-order valence-electron chi connectivity index (χ2n) is 4.39. The van der Waals surface area contributed by atoms with Gasteiger partial charge in [-0.25, -0.2) is 8.42 Å². The first-order valence-corrected chi connectivity index (χ1v) is 7.45. The lowest BCUT2D eigenvalue weighted by Gasteiger charge is -2.35. The summed E-state index contributed by atoms with van der Waals surface area (Å²) in [6, 6.07) is 6.32. The van der Waals surface area contributed by atoms with Crippen LogP contribution in [0.1, 0.15) is 0 Å². The van der Waals surface area contributed by atoms with Crippen LogP contribution in [0.2, 0.25) is 0 Å². The molecule has 0 spiro atoms. The van der Waals surface area contributed by atoms with Crippen LogP contribution in [0.3, 0.4) is 0 Å². The SMILES string of the molecule is COCCOc1ccc(S(=O)(=O)N2CC(N)C2)cc1. The average Bonchev–Trinajstić information content (AvgIpc) is 2.36. The molecule has 0 aromatic heterocycles. The monoisotopic (exact) mass is 286 g/mol. The number of hydrogen-bond acceptors (Lipinski definition) is 5. The van der Waals surface area contributed by atoms with Gasteiger partial charge in [0.15, 0.2) is 0 Å². The largest absolute Gasteiger partial charge is 0.491 e. The van der Waals surface area contributed by atoms with E-state index >= 15 is 0 Å². The maximum atomic E-state index is 12.1. The molecule has 1 saturated heterocycles. The zero-order valence-corrected chi connectivity index (χ0v) is 11.6. The highest BCUT2D eigenvalue weighted by atomic mass is 32.2. The van der Waals surface area contributed by atoms with Gasteiger partial charge in [-0.15, -0.1) is 0 Å². The van der Waals surface area contributed by atoms with Gasteiger partial charge in [-0.1, -0.05) is 0 Å². The van der Waals surface area contributed by atoms with E-state index < -0.39 is 10.0 Å². The Labute approximate surface area is 113 Å². The fraction of sp³-hybridized carbons (Fsp3) is 0.500. The van der Waals surface area contributed by atoms with Gasteiger partial charge in [0, 0.05) is 26.2 Å². The molecule has 2 rings (SSSR count). The zero-order valence-electron chi connectivity index (χ0n) is 10.8. The highest BCUT2D eigenvalue weighted by Crippen LogP contribution is 2.22. The molecule has 0 radical (unpaired) electrons. The van der Waals surface area contributed by atoms with Crippen LogP contribution in [0.15, 0.2) is 29.2 Å². The van der Waals surface area contributed by atoms with Crippen molar-refractivity contribution in [2.24, 2.45) is 5.73 Å². The van der Waals surface area contributed by atoms with E-state index in [1.807, 2.05) is 0 Å². The Bertz CT molecular complexity index is 509. The third-order valence-corrected chi connectivity index (χ3v) is 4.74. The molecule has 1 heterocycles. The second-order valence-corrected chi connectivity index (χ2v) is 6.33. The number of sulfonamides is 1. The standard InChI is InChI=1S/C12H18N2O4S/c1-17-6-7-18-11-2-4-12(5-3-11)19(15,16)14-8-10(13)9-14/h2-5,10H,6-9,13H2,1H3. The second kappa shape index (κ2) is 5.87. The molecule has 1 aromatic carbocycles. The first-order valence-electron chi connectivity index (χ1n) is 6.01. The van der Waals surface area contributed by atoms with Gasteiger partial charge in [-0.05, 0) is 24.3 Å². The predicted octanol–water partition coefficient (Wildman–Crippen LogP) is 0.0434. The molecule has 0 unspecified atom stereocenters. The van der Waals surface area contributed by atoms with Gasteiger partial charge in [0.1, 0.15) is 12.4 Å². The van der Waals surface area contributed by atoms with Crippen molar-refractivity contribution in [2.45, 2.75) is 10.9 Å². The lowest BCUT2D eigenvalue weighted by atomic mass is 10.2. The van der Waals surface area contributed by atoms with Crippen LogP contribution >= 0.6 is 0 Å². The maximum absolute atomic E-state index is 12.1. The molecule has 1 aliphatic rings. The van der Waals surface area contributed by atoms with Gasteiger partial charge in [-0.2, -0.15) is 4.31 Å². The van der Waals surface area contributed by atoms with E-state index in [-0.39, 0.29) is 10.9 Å². The Morgan fingerprint density at radius 1 is 1.26 bits per heavy atom. The Morgan fingerprint density at radius 3 is 2.42 bits per heavy atom. The number of ether oxygens (including phenoxy) is 2. The highest BCUT2D eigenvalue weighted by molar-refractivity contribution is 7.89. The van der Waals surface area contributed by atoms with E-state index in [1.54, 1.807) is 31.4 Å². The van der Waals surface area contributed by atoms with E-state index in [9.17, 15) is 8.42 Å². The summed E-state index contributed by atoms with van der Waals surface area (Å²) in [5, 5.41) is 0. The Balaban J connectivity index is 2.01. The highest BCUT2D eigenvalue weighted by Gasteiger charge is 2.34. The third-order valence-electron chi connectivity index (χ3n) is 2.89. The predicted molar refractivity (Wildman–Crippen MR) is 70.5 cm³/mol. The molecule has 6 nitrogen and oxygen atoms in total. The summed E-state index contributed by atoms with van der Waals surface area (Å²) in [5.41, 5.74) is 5.60. The summed E-state index contributed by atoms with van der Waals surface area (Å²) in [7, 11) is -1.81. The first kappa shape index (κ1) is 14.3. The topological polar surface area (TPSA) is 81.9 Å². The van der Waals surface area contributed by atoms with Crippen LogP contribution < -0.4 is 10.5 Å². The van der Waals surface area contributed by atoms with E-state index in [4.69, 9.17) is 15.2 Å². The van der Waals surface area contributed by atoms with Crippen molar-refractivity contribution in [3.05, 3.63) is 24.3 Å². The zero-order chi connectivity index (χ0) is 13.9.